The lowest BCUT2D eigenvalue weighted by atomic mass is 9.96. The molecule has 1 aliphatic rings. The fourth-order valence-corrected chi connectivity index (χ4v) is 3.31. The van der Waals surface area contributed by atoms with Crippen LogP contribution in [0.3, 0.4) is 0 Å². The van der Waals surface area contributed by atoms with E-state index in [4.69, 9.17) is 11.6 Å². The summed E-state index contributed by atoms with van der Waals surface area (Å²) in [7, 11) is 2.20. The third-order valence-corrected chi connectivity index (χ3v) is 4.84. The average molecular weight is 330 g/mol. The summed E-state index contributed by atoms with van der Waals surface area (Å²) in [6.07, 6.45) is 7.13. The molecule has 3 nitrogen and oxygen atoms in total. The van der Waals surface area contributed by atoms with E-state index in [1.54, 1.807) is 0 Å². The van der Waals surface area contributed by atoms with Crippen LogP contribution in [-0.4, -0.2) is 36.1 Å². The molecule has 3 rings (SSSR count). The minimum Gasteiger partial charge on any atom is -0.307 e. The molecule has 1 aliphatic heterocycles. The molecule has 1 fully saturated rings. The van der Waals surface area contributed by atoms with Gasteiger partial charge in [-0.25, -0.2) is 0 Å². The third-order valence-electron chi connectivity index (χ3n) is 4.59. The zero-order valence-corrected chi connectivity index (χ0v) is 14.3. The van der Waals surface area contributed by atoms with Gasteiger partial charge in [-0.05, 0) is 68.7 Å². The van der Waals surface area contributed by atoms with E-state index in [1.807, 2.05) is 30.6 Å². The highest BCUT2D eigenvalue weighted by Gasteiger charge is 2.21. The molecular formula is C19H24ClN3. The Kier molecular flexibility index (Phi) is 5.65. The van der Waals surface area contributed by atoms with E-state index in [-0.39, 0.29) is 0 Å². The highest BCUT2D eigenvalue weighted by atomic mass is 35.5. The van der Waals surface area contributed by atoms with E-state index < -0.39 is 0 Å². The van der Waals surface area contributed by atoms with Crippen LogP contribution in [0.15, 0.2) is 48.8 Å². The monoisotopic (exact) mass is 329 g/mol. The third kappa shape index (κ3) is 4.77. The highest BCUT2D eigenvalue weighted by molar-refractivity contribution is 6.30. The average Bonchev–Trinajstić information content (AvgIpc) is 2.58. The molecule has 0 radical (unpaired) electrons. The molecule has 1 saturated heterocycles. The van der Waals surface area contributed by atoms with E-state index in [1.165, 1.54) is 24.0 Å². The van der Waals surface area contributed by atoms with Gasteiger partial charge in [0.25, 0.3) is 0 Å². The van der Waals surface area contributed by atoms with Gasteiger partial charge in [0.2, 0.25) is 0 Å². The molecule has 0 saturated carbocycles. The van der Waals surface area contributed by atoms with Crippen LogP contribution in [0.5, 0.6) is 0 Å². The van der Waals surface area contributed by atoms with Crippen molar-refractivity contribution in [2.45, 2.75) is 31.3 Å². The van der Waals surface area contributed by atoms with Crippen LogP contribution >= 0.6 is 11.6 Å². The molecule has 23 heavy (non-hydrogen) atoms. The number of benzene rings is 1. The van der Waals surface area contributed by atoms with Crippen molar-refractivity contribution in [3.63, 3.8) is 0 Å². The predicted octanol–water partition coefficient (Wildman–Crippen LogP) is 3.70. The van der Waals surface area contributed by atoms with E-state index in [2.05, 4.69) is 40.4 Å². The number of halogens is 1. The molecule has 122 valence electrons. The largest absolute Gasteiger partial charge is 0.307 e. The second-order valence-electron chi connectivity index (χ2n) is 6.41. The number of likely N-dealkylation sites (tertiary alicyclic amines) is 1. The van der Waals surface area contributed by atoms with Crippen LogP contribution in [0.2, 0.25) is 5.02 Å². The van der Waals surface area contributed by atoms with E-state index >= 15 is 0 Å². The quantitative estimate of drug-likeness (QED) is 0.906. The van der Waals surface area contributed by atoms with Gasteiger partial charge in [-0.2, -0.15) is 0 Å². The molecule has 2 heterocycles. The molecule has 0 spiro atoms. The smallest absolute Gasteiger partial charge is 0.0406 e. The Morgan fingerprint density at radius 2 is 1.96 bits per heavy atom. The Morgan fingerprint density at radius 3 is 2.61 bits per heavy atom. The maximum atomic E-state index is 6.05. The van der Waals surface area contributed by atoms with E-state index in [0.717, 1.165) is 24.5 Å². The SMILES string of the molecule is CN1CCC(NC(Cc2cccnc2)c2ccc(Cl)cc2)CC1. The molecular weight excluding hydrogens is 306 g/mol. The lowest BCUT2D eigenvalue weighted by molar-refractivity contribution is 0.224. The summed E-state index contributed by atoms with van der Waals surface area (Å²) in [6.45, 7) is 2.33. The summed E-state index contributed by atoms with van der Waals surface area (Å²) in [5.41, 5.74) is 2.55. The minimum atomic E-state index is 0.296. The molecule has 1 N–H and O–H groups in total. The molecule has 4 heteroatoms. The van der Waals surface area contributed by atoms with Gasteiger partial charge < -0.3 is 10.2 Å². The molecule has 0 bridgehead atoms. The number of piperidine rings is 1. The van der Waals surface area contributed by atoms with Crippen molar-refractivity contribution in [2.75, 3.05) is 20.1 Å². The van der Waals surface area contributed by atoms with Gasteiger partial charge in [0, 0.05) is 29.5 Å². The van der Waals surface area contributed by atoms with Gasteiger partial charge in [-0.3, -0.25) is 4.98 Å². The van der Waals surface area contributed by atoms with Gasteiger partial charge >= 0.3 is 0 Å². The van der Waals surface area contributed by atoms with E-state index in [0.29, 0.717) is 12.1 Å². The Labute approximate surface area is 143 Å². The topological polar surface area (TPSA) is 28.2 Å². The van der Waals surface area contributed by atoms with Crippen molar-refractivity contribution < 1.29 is 0 Å². The van der Waals surface area contributed by atoms with Crippen LogP contribution in [0, 0.1) is 0 Å². The van der Waals surface area contributed by atoms with Crippen LogP contribution < -0.4 is 5.32 Å². The molecule has 0 amide bonds. The summed E-state index contributed by atoms with van der Waals surface area (Å²) in [5, 5.41) is 4.65. The number of pyridine rings is 1. The standard InChI is InChI=1S/C19H24ClN3/c1-23-11-8-18(9-12-23)22-19(13-15-3-2-10-21-14-15)16-4-6-17(20)7-5-16/h2-7,10,14,18-19,22H,8-9,11-13H2,1H3. The van der Waals surface area contributed by atoms with Gasteiger partial charge in [0.05, 0.1) is 0 Å². The first-order valence-electron chi connectivity index (χ1n) is 8.29. The Balaban J connectivity index is 1.74. The lowest BCUT2D eigenvalue weighted by Gasteiger charge is -2.33. The van der Waals surface area contributed by atoms with Crippen LogP contribution in [0.1, 0.15) is 30.0 Å². The maximum absolute atomic E-state index is 6.05. The van der Waals surface area contributed by atoms with Crippen molar-refractivity contribution in [1.82, 2.24) is 15.2 Å². The van der Waals surface area contributed by atoms with Crippen molar-refractivity contribution in [3.05, 3.63) is 64.9 Å². The molecule has 1 unspecified atom stereocenters. The predicted molar refractivity (Wildman–Crippen MR) is 95.8 cm³/mol. The number of hydrogen-bond acceptors (Lipinski definition) is 3. The first-order chi connectivity index (χ1) is 11.2. The normalized spacial score (nSPS) is 18.0. The summed E-state index contributed by atoms with van der Waals surface area (Å²) in [4.78, 5) is 6.65. The number of nitrogens with one attached hydrogen (secondary N) is 1. The highest BCUT2D eigenvalue weighted by Crippen LogP contribution is 2.23. The van der Waals surface area contributed by atoms with Gasteiger partial charge in [0.15, 0.2) is 0 Å². The zero-order chi connectivity index (χ0) is 16.1. The van der Waals surface area contributed by atoms with Crippen molar-refractivity contribution >= 4 is 11.6 Å². The van der Waals surface area contributed by atoms with Crippen LogP contribution in [0.25, 0.3) is 0 Å². The molecule has 2 aromatic rings. The fraction of sp³-hybridized carbons (Fsp3) is 0.421. The Bertz CT molecular complexity index is 592. The maximum Gasteiger partial charge on any atom is 0.0406 e. The van der Waals surface area contributed by atoms with Crippen molar-refractivity contribution in [2.24, 2.45) is 0 Å². The first-order valence-corrected chi connectivity index (χ1v) is 8.67. The Hall–Kier alpha value is -1.42. The van der Waals surface area contributed by atoms with Crippen LogP contribution in [-0.2, 0) is 6.42 Å². The molecule has 1 aromatic heterocycles. The van der Waals surface area contributed by atoms with Crippen LogP contribution in [0.4, 0.5) is 0 Å². The van der Waals surface area contributed by atoms with E-state index in [9.17, 15) is 0 Å². The number of aromatic nitrogens is 1. The van der Waals surface area contributed by atoms with Gasteiger partial charge in [-0.15, -0.1) is 0 Å². The number of hydrogen-bond donors (Lipinski definition) is 1. The summed E-state index contributed by atoms with van der Waals surface area (Å²) in [5.74, 6) is 0. The fourth-order valence-electron chi connectivity index (χ4n) is 3.18. The summed E-state index contributed by atoms with van der Waals surface area (Å²) in [6, 6.07) is 13.2. The Morgan fingerprint density at radius 1 is 1.22 bits per heavy atom. The first kappa shape index (κ1) is 16.4. The number of rotatable bonds is 5. The minimum absolute atomic E-state index is 0.296. The second kappa shape index (κ2) is 7.91. The van der Waals surface area contributed by atoms with Crippen molar-refractivity contribution in [3.8, 4) is 0 Å². The molecule has 1 atom stereocenters. The molecule has 0 aliphatic carbocycles. The number of nitrogens with zero attached hydrogens (tertiary/aromatic N) is 2. The van der Waals surface area contributed by atoms with Gasteiger partial charge in [0.1, 0.15) is 0 Å². The summed E-state index contributed by atoms with van der Waals surface area (Å²) >= 11 is 6.05. The molecule has 1 aromatic carbocycles. The zero-order valence-electron chi connectivity index (χ0n) is 13.6. The lowest BCUT2D eigenvalue weighted by Crippen LogP contribution is -2.42. The van der Waals surface area contributed by atoms with Crippen molar-refractivity contribution in [1.29, 1.82) is 0 Å². The van der Waals surface area contributed by atoms with Gasteiger partial charge in [-0.1, -0.05) is 29.8 Å². The summed E-state index contributed by atoms with van der Waals surface area (Å²) < 4.78 is 0. The second-order valence-corrected chi connectivity index (χ2v) is 6.85.